The highest BCUT2D eigenvalue weighted by Crippen LogP contribution is 2.23. The van der Waals surface area contributed by atoms with E-state index in [1.807, 2.05) is 49.6 Å². The van der Waals surface area contributed by atoms with E-state index in [9.17, 15) is 8.78 Å². The summed E-state index contributed by atoms with van der Waals surface area (Å²) in [5.41, 5.74) is 3.32. The number of halogens is 3. The molecular formula is C20H21ClF2N2O. The van der Waals surface area contributed by atoms with E-state index in [4.69, 9.17) is 16.3 Å². The van der Waals surface area contributed by atoms with E-state index in [1.165, 1.54) is 10.9 Å². The number of hydrogen-bond acceptors (Lipinski definition) is 2. The number of aromatic amines is 1. The molecule has 0 aliphatic heterocycles. The Bertz CT molecular complexity index is 866. The van der Waals surface area contributed by atoms with Crippen molar-refractivity contribution in [1.82, 2.24) is 9.88 Å². The topological polar surface area (TPSA) is 28.3 Å². The molecule has 0 saturated heterocycles. The Kier molecular flexibility index (Phi) is 6.12. The summed E-state index contributed by atoms with van der Waals surface area (Å²) in [7, 11) is 2.04. The molecule has 26 heavy (non-hydrogen) atoms. The number of alkyl halides is 2. The van der Waals surface area contributed by atoms with Crippen molar-refractivity contribution < 1.29 is 13.5 Å². The highest BCUT2D eigenvalue weighted by atomic mass is 35.5. The maximum absolute atomic E-state index is 12.3. The van der Waals surface area contributed by atoms with Gasteiger partial charge in [0.05, 0.1) is 0 Å². The van der Waals surface area contributed by atoms with Crippen molar-refractivity contribution in [2.45, 2.75) is 19.4 Å². The normalized spacial score (nSPS) is 11.6. The molecule has 0 saturated carbocycles. The monoisotopic (exact) mass is 378 g/mol. The Balaban J connectivity index is 1.56. The first-order valence-electron chi connectivity index (χ1n) is 8.45. The second kappa shape index (κ2) is 8.52. The van der Waals surface area contributed by atoms with Gasteiger partial charge in [-0.15, -0.1) is 0 Å². The predicted octanol–water partition coefficient (Wildman–Crippen LogP) is 5.14. The van der Waals surface area contributed by atoms with Crippen molar-refractivity contribution in [3.05, 3.63) is 64.8 Å². The zero-order valence-electron chi connectivity index (χ0n) is 14.5. The van der Waals surface area contributed by atoms with Gasteiger partial charge in [0.15, 0.2) is 0 Å². The second-order valence-corrected chi connectivity index (χ2v) is 6.78. The second-order valence-electron chi connectivity index (χ2n) is 6.34. The zero-order valence-corrected chi connectivity index (χ0v) is 15.3. The molecule has 0 atom stereocenters. The smallest absolute Gasteiger partial charge is 0.272 e. The van der Waals surface area contributed by atoms with Crippen LogP contribution >= 0.6 is 11.6 Å². The summed E-state index contributed by atoms with van der Waals surface area (Å²) in [6.45, 7) is 1.02. The fourth-order valence-corrected chi connectivity index (χ4v) is 3.13. The van der Waals surface area contributed by atoms with Crippen molar-refractivity contribution in [2.24, 2.45) is 0 Å². The van der Waals surface area contributed by atoms with Crippen LogP contribution in [0.15, 0.2) is 48.7 Å². The van der Waals surface area contributed by atoms with Crippen LogP contribution in [0.3, 0.4) is 0 Å². The number of fused-ring (bicyclic) bond motifs is 1. The van der Waals surface area contributed by atoms with E-state index < -0.39 is 13.0 Å². The van der Waals surface area contributed by atoms with Crippen LogP contribution in [0.4, 0.5) is 8.78 Å². The van der Waals surface area contributed by atoms with Crippen LogP contribution < -0.4 is 4.74 Å². The van der Waals surface area contributed by atoms with E-state index in [-0.39, 0.29) is 0 Å². The number of aromatic nitrogens is 1. The van der Waals surface area contributed by atoms with Gasteiger partial charge >= 0.3 is 0 Å². The van der Waals surface area contributed by atoms with Crippen LogP contribution in [0.5, 0.6) is 5.75 Å². The van der Waals surface area contributed by atoms with Gasteiger partial charge in [0.2, 0.25) is 0 Å². The van der Waals surface area contributed by atoms with Crippen LogP contribution in [0, 0.1) is 0 Å². The van der Waals surface area contributed by atoms with Gasteiger partial charge in [0.25, 0.3) is 6.43 Å². The Morgan fingerprint density at radius 1 is 1.19 bits per heavy atom. The summed E-state index contributed by atoms with van der Waals surface area (Å²) in [4.78, 5) is 5.45. The summed E-state index contributed by atoms with van der Waals surface area (Å²) in [5.74, 6) is 0.477. The van der Waals surface area contributed by atoms with E-state index in [2.05, 4.69) is 9.88 Å². The molecule has 6 heteroatoms. The lowest BCUT2D eigenvalue weighted by Gasteiger charge is -2.17. The number of ether oxygens (including phenoxy) is 1. The van der Waals surface area contributed by atoms with E-state index in [0.717, 1.165) is 35.6 Å². The van der Waals surface area contributed by atoms with Crippen molar-refractivity contribution in [2.75, 3.05) is 20.2 Å². The van der Waals surface area contributed by atoms with Gasteiger partial charge in [-0.05, 0) is 48.9 Å². The van der Waals surface area contributed by atoms with Crippen molar-refractivity contribution in [1.29, 1.82) is 0 Å². The average molecular weight is 379 g/mol. The highest BCUT2D eigenvalue weighted by molar-refractivity contribution is 6.31. The minimum Gasteiger partial charge on any atom is -0.488 e. The Labute approximate surface area is 156 Å². The van der Waals surface area contributed by atoms with Gasteiger partial charge in [-0.25, -0.2) is 8.78 Å². The van der Waals surface area contributed by atoms with Gasteiger partial charge < -0.3 is 14.6 Å². The molecule has 2 aromatic carbocycles. The minimum atomic E-state index is -2.47. The lowest BCUT2D eigenvalue weighted by atomic mass is 10.1. The average Bonchev–Trinajstić information content (AvgIpc) is 3.00. The van der Waals surface area contributed by atoms with Gasteiger partial charge in [0.1, 0.15) is 12.4 Å². The quantitative estimate of drug-likeness (QED) is 0.588. The first-order chi connectivity index (χ1) is 12.5. The summed E-state index contributed by atoms with van der Waals surface area (Å²) in [6.07, 6.45) is 0.459. The molecule has 0 radical (unpaired) electrons. The summed E-state index contributed by atoms with van der Waals surface area (Å²) < 4.78 is 29.6. The van der Waals surface area contributed by atoms with Crippen LogP contribution in [-0.4, -0.2) is 36.5 Å². The zero-order chi connectivity index (χ0) is 18.5. The molecule has 1 N–H and O–H groups in total. The molecule has 1 aromatic heterocycles. The Morgan fingerprint density at radius 2 is 2.04 bits per heavy atom. The standard InChI is InChI=1S/C20H21ClF2N2O/c1-25(12-14-3-2-4-17(9-14)26-13-20(22)23)8-7-15-11-24-19-10-16(21)5-6-18(15)19/h2-6,9-11,20,24H,7-8,12-13H2,1H3. The summed E-state index contributed by atoms with van der Waals surface area (Å²) in [5, 5.41) is 1.90. The number of nitrogens with one attached hydrogen (secondary N) is 1. The number of likely N-dealkylation sites (N-methyl/N-ethyl adjacent to an activating group) is 1. The summed E-state index contributed by atoms with van der Waals surface area (Å²) >= 11 is 6.02. The molecule has 3 aromatic rings. The lowest BCUT2D eigenvalue weighted by molar-refractivity contribution is 0.0818. The molecule has 138 valence electrons. The van der Waals surface area contributed by atoms with Crippen LogP contribution in [-0.2, 0) is 13.0 Å². The molecule has 3 rings (SSSR count). The maximum Gasteiger partial charge on any atom is 0.272 e. The molecule has 3 nitrogen and oxygen atoms in total. The summed E-state index contributed by atoms with van der Waals surface area (Å²) in [6, 6.07) is 13.2. The highest BCUT2D eigenvalue weighted by Gasteiger charge is 2.08. The molecule has 0 unspecified atom stereocenters. The number of benzene rings is 2. The van der Waals surface area contributed by atoms with Crippen molar-refractivity contribution in [3.8, 4) is 5.75 Å². The largest absolute Gasteiger partial charge is 0.488 e. The van der Waals surface area contributed by atoms with Gasteiger partial charge in [-0.2, -0.15) is 0 Å². The number of rotatable bonds is 8. The van der Waals surface area contributed by atoms with Gasteiger partial charge in [-0.3, -0.25) is 0 Å². The van der Waals surface area contributed by atoms with E-state index in [0.29, 0.717) is 5.75 Å². The molecule has 0 bridgehead atoms. The van der Waals surface area contributed by atoms with Crippen LogP contribution in [0.2, 0.25) is 5.02 Å². The van der Waals surface area contributed by atoms with Crippen molar-refractivity contribution >= 4 is 22.5 Å². The number of H-pyrrole nitrogens is 1. The van der Waals surface area contributed by atoms with Gasteiger partial charge in [-0.1, -0.05) is 29.8 Å². The molecule has 0 amide bonds. The molecular weight excluding hydrogens is 358 g/mol. The molecule has 0 fully saturated rings. The van der Waals surface area contributed by atoms with E-state index >= 15 is 0 Å². The Hall–Kier alpha value is -2.11. The Morgan fingerprint density at radius 3 is 2.85 bits per heavy atom. The molecule has 0 aliphatic rings. The fourth-order valence-electron chi connectivity index (χ4n) is 2.96. The van der Waals surface area contributed by atoms with Crippen LogP contribution in [0.1, 0.15) is 11.1 Å². The van der Waals surface area contributed by atoms with Crippen molar-refractivity contribution in [3.63, 3.8) is 0 Å². The first kappa shape index (κ1) is 18.7. The third-order valence-electron chi connectivity index (χ3n) is 4.22. The fraction of sp³-hybridized carbons (Fsp3) is 0.300. The van der Waals surface area contributed by atoms with E-state index in [1.54, 1.807) is 6.07 Å². The lowest BCUT2D eigenvalue weighted by Crippen LogP contribution is -2.20. The van der Waals surface area contributed by atoms with Crippen LogP contribution in [0.25, 0.3) is 10.9 Å². The molecule has 0 spiro atoms. The predicted molar refractivity (Wildman–Crippen MR) is 101 cm³/mol. The first-order valence-corrected chi connectivity index (χ1v) is 8.83. The number of nitrogens with zero attached hydrogens (tertiary/aromatic N) is 1. The maximum atomic E-state index is 12.3. The third kappa shape index (κ3) is 4.96. The minimum absolute atomic E-state index is 0.477. The molecule has 0 aliphatic carbocycles. The molecule has 1 heterocycles. The van der Waals surface area contributed by atoms with Gasteiger partial charge in [0, 0.05) is 35.2 Å². The SMILES string of the molecule is CN(CCc1c[nH]c2cc(Cl)ccc12)Cc1cccc(OCC(F)F)c1. The third-order valence-corrected chi connectivity index (χ3v) is 4.45. The number of hydrogen-bond donors (Lipinski definition) is 1.